The smallest absolute Gasteiger partial charge is 0.308 e. The number of amides is 1. The Morgan fingerprint density at radius 2 is 1.77 bits per heavy atom. The van der Waals surface area contributed by atoms with Gasteiger partial charge in [0.05, 0.1) is 19.1 Å². The van der Waals surface area contributed by atoms with Crippen LogP contribution < -0.4 is 5.32 Å². The van der Waals surface area contributed by atoms with E-state index in [-0.39, 0.29) is 38.3 Å². The number of benzene rings is 2. The van der Waals surface area contributed by atoms with E-state index in [4.69, 9.17) is 27.9 Å². The van der Waals surface area contributed by atoms with Crippen molar-refractivity contribution in [2.24, 2.45) is 0 Å². The van der Waals surface area contributed by atoms with Crippen LogP contribution in [0, 0.1) is 0 Å². The van der Waals surface area contributed by atoms with Crippen molar-refractivity contribution in [2.75, 3.05) is 6.61 Å². The third-order valence-electron chi connectivity index (χ3n) is 5.07. The zero-order chi connectivity index (χ0) is 25.2. The Morgan fingerprint density at radius 1 is 1.06 bits per heavy atom. The summed E-state index contributed by atoms with van der Waals surface area (Å²) in [5.41, 5.74) is 1.64. The third kappa shape index (κ3) is 8.15. The van der Waals surface area contributed by atoms with Gasteiger partial charge in [0.1, 0.15) is 6.54 Å². The van der Waals surface area contributed by atoms with Crippen molar-refractivity contribution < 1.29 is 19.1 Å². The summed E-state index contributed by atoms with van der Waals surface area (Å²) in [5, 5.41) is 15.7. The first-order valence-electron chi connectivity index (χ1n) is 11.1. The van der Waals surface area contributed by atoms with Crippen molar-refractivity contribution in [1.82, 2.24) is 25.5 Å². The van der Waals surface area contributed by atoms with Gasteiger partial charge in [-0.2, -0.15) is 4.80 Å². The van der Waals surface area contributed by atoms with Gasteiger partial charge < -0.3 is 10.1 Å². The lowest BCUT2D eigenvalue weighted by Gasteiger charge is -2.16. The van der Waals surface area contributed by atoms with Gasteiger partial charge in [-0.1, -0.05) is 59.6 Å². The second kappa shape index (κ2) is 13.0. The van der Waals surface area contributed by atoms with Gasteiger partial charge in [-0.3, -0.25) is 14.4 Å². The van der Waals surface area contributed by atoms with Crippen LogP contribution in [0.25, 0.3) is 0 Å². The number of carbonyl (C=O) groups is 3. The monoisotopic (exact) mass is 517 g/mol. The second-order valence-corrected chi connectivity index (χ2v) is 8.51. The summed E-state index contributed by atoms with van der Waals surface area (Å²) >= 11 is 12.4. The van der Waals surface area contributed by atoms with Crippen LogP contribution in [0.5, 0.6) is 0 Å². The van der Waals surface area contributed by atoms with Gasteiger partial charge in [-0.05, 0) is 41.8 Å². The summed E-state index contributed by atoms with van der Waals surface area (Å²) in [7, 11) is 0. The van der Waals surface area contributed by atoms with Gasteiger partial charge in [0.2, 0.25) is 5.91 Å². The molecule has 2 aromatic carbocycles. The topological polar surface area (TPSA) is 116 Å². The van der Waals surface area contributed by atoms with Crippen molar-refractivity contribution in [1.29, 1.82) is 0 Å². The Balaban J connectivity index is 1.63. The number of hydrogen-bond donors (Lipinski definition) is 1. The van der Waals surface area contributed by atoms with E-state index in [1.807, 2.05) is 30.3 Å². The summed E-state index contributed by atoms with van der Waals surface area (Å²) in [5.74, 6) is -1.07. The second-order valence-electron chi connectivity index (χ2n) is 7.69. The van der Waals surface area contributed by atoms with Gasteiger partial charge in [-0.15, -0.1) is 10.2 Å². The van der Waals surface area contributed by atoms with E-state index in [1.54, 1.807) is 25.1 Å². The molecule has 0 bridgehead atoms. The molecule has 1 aromatic heterocycles. The summed E-state index contributed by atoms with van der Waals surface area (Å²) in [4.78, 5) is 38.6. The number of rotatable bonds is 12. The van der Waals surface area contributed by atoms with Crippen LogP contribution in [0.2, 0.25) is 10.0 Å². The minimum atomic E-state index is -1.08. The largest absolute Gasteiger partial charge is 0.466 e. The number of nitrogens with zero attached hydrogens (tertiary/aromatic N) is 4. The molecule has 0 saturated carbocycles. The van der Waals surface area contributed by atoms with E-state index in [1.165, 1.54) is 0 Å². The minimum Gasteiger partial charge on any atom is -0.466 e. The number of aromatic nitrogens is 4. The highest BCUT2D eigenvalue weighted by atomic mass is 35.5. The molecule has 1 N–H and O–H groups in total. The molecule has 0 radical (unpaired) electrons. The van der Waals surface area contributed by atoms with Crippen molar-refractivity contribution in [3.05, 3.63) is 75.5 Å². The minimum absolute atomic E-state index is 0.167. The highest BCUT2D eigenvalue weighted by Gasteiger charge is 2.25. The lowest BCUT2D eigenvalue weighted by atomic mass is 10.1. The number of aryl methyl sites for hydroxylation is 1. The quantitative estimate of drug-likeness (QED) is 0.366. The molecule has 9 nitrogen and oxygen atoms in total. The van der Waals surface area contributed by atoms with E-state index >= 15 is 0 Å². The van der Waals surface area contributed by atoms with Gasteiger partial charge in [0, 0.05) is 22.9 Å². The first-order chi connectivity index (χ1) is 16.9. The maximum atomic E-state index is 12.9. The molecule has 1 amide bonds. The molecule has 184 valence electrons. The SMILES string of the molecule is CCOC(=O)CC(NC(=O)CCc1ccccc1)C(=O)Cn1nnc(Cc2c(Cl)cccc2Cl)n1. The number of Topliss-reactive ketones (excluding diaryl/α,β-unsaturated/α-hetero) is 1. The summed E-state index contributed by atoms with van der Waals surface area (Å²) in [6, 6.07) is 13.6. The first-order valence-corrected chi connectivity index (χ1v) is 11.8. The predicted molar refractivity (Wildman–Crippen MR) is 130 cm³/mol. The van der Waals surface area contributed by atoms with Gasteiger partial charge >= 0.3 is 5.97 Å². The molecule has 3 rings (SSSR count). The number of hydrogen-bond acceptors (Lipinski definition) is 7. The van der Waals surface area contributed by atoms with Crippen LogP contribution in [0.1, 0.15) is 36.7 Å². The predicted octanol–water partition coefficient (Wildman–Crippen LogP) is 3.21. The van der Waals surface area contributed by atoms with E-state index in [0.29, 0.717) is 27.9 Å². The summed E-state index contributed by atoms with van der Waals surface area (Å²) in [6.45, 7) is 1.55. The summed E-state index contributed by atoms with van der Waals surface area (Å²) < 4.78 is 4.96. The zero-order valence-corrected chi connectivity index (χ0v) is 20.6. The molecule has 3 aromatic rings. The standard InChI is InChI=1S/C24H25Cl2N5O4/c1-2-35-24(34)14-20(27-23(33)12-11-16-7-4-3-5-8-16)21(32)15-31-29-22(28-30-31)13-17-18(25)9-6-10-19(17)26/h3-10,20H,2,11-15H2,1H3,(H,27,33). The Morgan fingerprint density at radius 3 is 2.46 bits per heavy atom. The fraction of sp³-hybridized carbons (Fsp3) is 0.333. The number of esters is 1. The normalized spacial score (nSPS) is 11.6. The van der Waals surface area contributed by atoms with Gasteiger partial charge in [-0.25, -0.2) is 0 Å². The lowest BCUT2D eigenvalue weighted by Crippen LogP contribution is -2.44. The molecule has 1 heterocycles. The molecule has 0 fully saturated rings. The molecular formula is C24H25Cl2N5O4. The highest BCUT2D eigenvalue weighted by Crippen LogP contribution is 2.25. The summed E-state index contributed by atoms with van der Waals surface area (Å²) in [6.07, 6.45) is 0.613. The molecule has 11 heteroatoms. The van der Waals surface area contributed by atoms with E-state index in [9.17, 15) is 14.4 Å². The van der Waals surface area contributed by atoms with Crippen molar-refractivity contribution >= 4 is 40.9 Å². The fourth-order valence-corrected chi connectivity index (χ4v) is 3.86. The zero-order valence-electron chi connectivity index (χ0n) is 19.1. The molecule has 1 unspecified atom stereocenters. The van der Waals surface area contributed by atoms with Crippen LogP contribution >= 0.6 is 23.2 Å². The average Bonchev–Trinajstić information content (AvgIpc) is 3.27. The van der Waals surface area contributed by atoms with Crippen LogP contribution in [0.15, 0.2) is 48.5 Å². The van der Waals surface area contributed by atoms with Gasteiger partial charge in [0.25, 0.3) is 0 Å². The van der Waals surface area contributed by atoms with Crippen molar-refractivity contribution in [3.63, 3.8) is 0 Å². The van der Waals surface area contributed by atoms with Crippen LogP contribution in [-0.4, -0.2) is 50.5 Å². The molecule has 0 aliphatic rings. The average molecular weight is 518 g/mol. The lowest BCUT2D eigenvalue weighted by molar-refractivity contribution is -0.145. The number of nitrogens with one attached hydrogen (secondary N) is 1. The number of halogens is 2. The Labute approximate surface area is 212 Å². The molecule has 0 aliphatic carbocycles. The maximum absolute atomic E-state index is 12.9. The third-order valence-corrected chi connectivity index (χ3v) is 5.78. The van der Waals surface area contributed by atoms with Crippen LogP contribution in [-0.2, 0) is 38.5 Å². The molecule has 0 aliphatic heterocycles. The number of carbonyl (C=O) groups excluding carboxylic acids is 3. The number of ether oxygens (including phenoxy) is 1. The Kier molecular flexibility index (Phi) is 9.75. The molecule has 1 atom stereocenters. The molecule has 35 heavy (non-hydrogen) atoms. The number of ketones is 1. The van der Waals surface area contributed by atoms with Crippen molar-refractivity contribution in [3.8, 4) is 0 Å². The van der Waals surface area contributed by atoms with Crippen LogP contribution in [0.3, 0.4) is 0 Å². The number of tetrazole rings is 1. The first kappa shape index (κ1) is 26.3. The molecule has 0 saturated heterocycles. The van der Waals surface area contributed by atoms with Gasteiger partial charge in [0.15, 0.2) is 11.6 Å². The van der Waals surface area contributed by atoms with E-state index in [0.717, 1.165) is 10.4 Å². The van der Waals surface area contributed by atoms with Crippen molar-refractivity contribution in [2.45, 2.75) is 45.2 Å². The van der Waals surface area contributed by atoms with Crippen LogP contribution in [0.4, 0.5) is 0 Å². The molecule has 0 spiro atoms. The molecular weight excluding hydrogens is 493 g/mol. The Hall–Kier alpha value is -3.30. The van der Waals surface area contributed by atoms with E-state index < -0.39 is 17.8 Å². The highest BCUT2D eigenvalue weighted by molar-refractivity contribution is 6.36. The van der Waals surface area contributed by atoms with E-state index in [2.05, 4.69) is 20.7 Å². The maximum Gasteiger partial charge on any atom is 0.308 e. The fourth-order valence-electron chi connectivity index (χ4n) is 3.32. The Bertz CT molecular complexity index is 1150.